The maximum absolute atomic E-state index is 5.86. The van der Waals surface area contributed by atoms with Gasteiger partial charge in [0.2, 0.25) is 0 Å². The first-order valence-electron chi connectivity index (χ1n) is 7.50. The molecule has 1 aromatic heterocycles. The van der Waals surface area contributed by atoms with Crippen LogP contribution in [-0.2, 0) is 6.54 Å². The molecular weight excluding hydrogens is 318 g/mol. The lowest BCUT2D eigenvalue weighted by Crippen LogP contribution is -2.47. The first-order valence-corrected chi connectivity index (χ1v) is 8.82. The average molecular weight is 338 g/mol. The molecule has 1 aromatic carbocycles. The number of benzene rings is 1. The smallest absolute Gasteiger partial charge is 0.119 e. The van der Waals surface area contributed by atoms with Gasteiger partial charge in [-0.1, -0.05) is 11.6 Å². The molecule has 2 heterocycles. The third kappa shape index (κ3) is 4.68. The van der Waals surface area contributed by atoms with Crippen molar-refractivity contribution in [3.63, 3.8) is 0 Å². The van der Waals surface area contributed by atoms with Crippen LogP contribution < -0.4 is 4.74 Å². The van der Waals surface area contributed by atoms with Crippen LogP contribution in [-0.4, -0.2) is 54.1 Å². The standard InChI is InChI=1S/C16H20ClN3OS/c17-14-1-3-16(4-2-14)21-10-9-19-5-7-20(8-6-19)11-15-12-22-13-18-15/h1-4,12-13H,5-11H2. The number of ether oxygens (including phenoxy) is 1. The number of hydrogen-bond acceptors (Lipinski definition) is 5. The molecule has 0 N–H and O–H groups in total. The SMILES string of the molecule is Clc1ccc(OCCN2CCN(Cc3cscn3)CC2)cc1. The van der Waals surface area contributed by atoms with Crippen LogP contribution in [0.3, 0.4) is 0 Å². The highest BCUT2D eigenvalue weighted by molar-refractivity contribution is 7.07. The van der Waals surface area contributed by atoms with E-state index in [-0.39, 0.29) is 0 Å². The molecule has 0 radical (unpaired) electrons. The number of halogens is 1. The minimum Gasteiger partial charge on any atom is -0.492 e. The summed E-state index contributed by atoms with van der Waals surface area (Å²) in [4.78, 5) is 9.27. The minimum atomic E-state index is 0.716. The maximum Gasteiger partial charge on any atom is 0.119 e. The Hall–Kier alpha value is -1.14. The lowest BCUT2D eigenvalue weighted by Gasteiger charge is -2.34. The molecule has 22 heavy (non-hydrogen) atoms. The Kier molecular flexibility index (Phi) is 5.67. The van der Waals surface area contributed by atoms with E-state index in [4.69, 9.17) is 16.3 Å². The molecule has 1 aliphatic heterocycles. The van der Waals surface area contributed by atoms with Crippen LogP contribution in [0.2, 0.25) is 5.02 Å². The van der Waals surface area contributed by atoms with Crippen LogP contribution in [0, 0.1) is 0 Å². The fraction of sp³-hybridized carbons (Fsp3) is 0.438. The predicted octanol–water partition coefficient (Wildman–Crippen LogP) is 2.99. The zero-order valence-corrected chi connectivity index (χ0v) is 14.0. The Morgan fingerprint density at radius 2 is 1.82 bits per heavy atom. The Morgan fingerprint density at radius 3 is 2.50 bits per heavy atom. The molecule has 4 nitrogen and oxygen atoms in total. The normalized spacial score (nSPS) is 16.8. The van der Waals surface area contributed by atoms with Gasteiger partial charge in [-0.05, 0) is 24.3 Å². The van der Waals surface area contributed by atoms with Gasteiger partial charge in [-0.3, -0.25) is 9.80 Å². The van der Waals surface area contributed by atoms with Crippen molar-refractivity contribution in [2.24, 2.45) is 0 Å². The van der Waals surface area contributed by atoms with Crippen LogP contribution in [0.15, 0.2) is 35.2 Å². The van der Waals surface area contributed by atoms with Crippen LogP contribution in [0.1, 0.15) is 5.69 Å². The number of nitrogens with zero attached hydrogens (tertiary/aromatic N) is 3. The van der Waals surface area contributed by atoms with Crippen molar-refractivity contribution in [2.75, 3.05) is 39.3 Å². The van der Waals surface area contributed by atoms with Crippen LogP contribution in [0.4, 0.5) is 0 Å². The lowest BCUT2D eigenvalue weighted by atomic mass is 10.3. The number of hydrogen-bond donors (Lipinski definition) is 0. The molecule has 1 saturated heterocycles. The second-order valence-electron chi connectivity index (χ2n) is 5.40. The highest BCUT2D eigenvalue weighted by atomic mass is 35.5. The summed E-state index contributed by atoms with van der Waals surface area (Å²) in [7, 11) is 0. The maximum atomic E-state index is 5.86. The second kappa shape index (κ2) is 7.92. The molecule has 0 unspecified atom stereocenters. The summed E-state index contributed by atoms with van der Waals surface area (Å²) < 4.78 is 5.75. The Bertz CT molecular complexity index is 553. The van der Waals surface area contributed by atoms with E-state index in [1.807, 2.05) is 29.8 Å². The number of thiazole rings is 1. The summed E-state index contributed by atoms with van der Waals surface area (Å²) in [5, 5.41) is 2.87. The van der Waals surface area contributed by atoms with Crippen molar-refractivity contribution >= 4 is 22.9 Å². The summed E-state index contributed by atoms with van der Waals surface area (Å²) in [6, 6.07) is 7.53. The van der Waals surface area contributed by atoms with Crippen molar-refractivity contribution in [1.82, 2.24) is 14.8 Å². The van der Waals surface area contributed by atoms with E-state index in [1.54, 1.807) is 11.3 Å². The van der Waals surface area contributed by atoms with E-state index in [1.165, 1.54) is 5.69 Å². The van der Waals surface area contributed by atoms with E-state index in [2.05, 4.69) is 20.2 Å². The highest BCUT2D eigenvalue weighted by Crippen LogP contribution is 2.15. The fourth-order valence-electron chi connectivity index (χ4n) is 2.54. The first kappa shape index (κ1) is 15.7. The van der Waals surface area contributed by atoms with Gasteiger partial charge in [0.25, 0.3) is 0 Å². The van der Waals surface area contributed by atoms with Gasteiger partial charge >= 0.3 is 0 Å². The summed E-state index contributed by atoms with van der Waals surface area (Å²) >= 11 is 7.53. The Balaban J connectivity index is 1.34. The van der Waals surface area contributed by atoms with Gasteiger partial charge in [0, 0.05) is 49.7 Å². The zero-order chi connectivity index (χ0) is 15.2. The van der Waals surface area contributed by atoms with Gasteiger partial charge in [0.05, 0.1) is 11.2 Å². The third-order valence-corrected chi connectivity index (χ3v) is 4.71. The van der Waals surface area contributed by atoms with Crippen molar-refractivity contribution in [2.45, 2.75) is 6.54 Å². The molecule has 1 aliphatic rings. The molecule has 2 aromatic rings. The van der Waals surface area contributed by atoms with Gasteiger partial charge in [0.15, 0.2) is 0 Å². The van der Waals surface area contributed by atoms with Crippen molar-refractivity contribution < 1.29 is 4.74 Å². The van der Waals surface area contributed by atoms with E-state index in [0.29, 0.717) is 6.61 Å². The molecule has 3 rings (SSSR count). The molecule has 0 amide bonds. The van der Waals surface area contributed by atoms with Crippen LogP contribution in [0.25, 0.3) is 0 Å². The highest BCUT2D eigenvalue weighted by Gasteiger charge is 2.17. The molecular formula is C16H20ClN3OS. The summed E-state index contributed by atoms with van der Waals surface area (Å²) in [6.45, 7) is 7.03. The van der Waals surface area contributed by atoms with Crippen molar-refractivity contribution in [3.8, 4) is 5.75 Å². The summed E-state index contributed by atoms with van der Waals surface area (Å²) in [5.74, 6) is 0.881. The number of piperazine rings is 1. The first-order chi connectivity index (χ1) is 10.8. The van der Waals surface area contributed by atoms with Crippen molar-refractivity contribution in [3.05, 3.63) is 45.9 Å². The van der Waals surface area contributed by atoms with Gasteiger partial charge in [-0.25, -0.2) is 4.98 Å². The fourth-order valence-corrected chi connectivity index (χ4v) is 3.21. The summed E-state index contributed by atoms with van der Waals surface area (Å²) in [5.41, 5.74) is 3.09. The van der Waals surface area contributed by atoms with Gasteiger partial charge in [0.1, 0.15) is 12.4 Å². The molecule has 0 aliphatic carbocycles. The average Bonchev–Trinajstić information content (AvgIpc) is 3.04. The molecule has 1 fully saturated rings. The quantitative estimate of drug-likeness (QED) is 0.810. The van der Waals surface area contributed by atoms with Crippen molar-refractivity contribution in [1.29, 1.82) is 0 Å². The number of aromatic nitrogens is 1. The monoisotopic (exact) mass is 337 g/mol. The van der Waals surface area contributed by atoms with E-state index >= 15 is 0 Å². The Labute approximate surface area is 140 Å². The third-order valence-electron chi connectivity index (χ3n) is 3.82. The van der Waals surface area contributed by atoms with Gasteiger partial charge < -0.3 is 4.74 Å². The topological polar surface area (TPSA) is 28.6 Å². The molecule has 6 heteroatoms. The summed E-state index contributed by atoms with van der Waals surface area (Å²) in [6.07, 6.45) is 0. The molecule has 0 saturated carbocycles. The molecule has 118 valence electrons. The molecule has 0 atom stereocenters. The van der Waals surface area contributed by atoms with Gasteiger partial charge in [-0.2, -0.15) is 0 Å². The zero-order valence-electron chi connectivity index (χ0n) is 12.4. The second-order valence-corrected chi connectivity index (χ2v) is 6.56. The lowest BCUT2D eigenvalue weighted by molar-refractivity contribution is 0.112. The molecule has 0 bridgehead atoms. The predicted molar refractivity (Wildman–Crippen MR) is 90.8 cm³/mol. The Morgan fingerprint density at radius 1 is 1.09 bits per heavy atom. The van der Waals surface area contributed by atoms with E-state index < -0.39 is 0 Å². The largest absolute Gasteiger partial charge is 0.492 e. The van der Waals surface area contributed by atoms with Crippen LogP contribution >= 0.6 is 22.9 Å². The van der Waals surface area contributed by atoms with Gasteiger partial charge in [-0.15, -0.1) is 11.3 Å². The minimum absolute atomic E-state index is 0.716. The van der Waals surface area contributed by atoms with E-state index in [9.17, 15) is 0 Å². The van der Waals surface area contributed by atoms with Crippen LogP contribution in [0.5, 0.6) is 5.75 Å². The number of rotatable bonds is 6. The molecule has 0 spiro atoms. The van der Waals surface area contributed by atoms with E-state index in [0.717, 1.165) is 50.0 Å².